The van der Waals surface area contributed by atoms with Crippen LogP contribution < -0.4 is 9.47 Å². The number of methoxy groups -OCH3 is 2. The van der Waals surface area contributed by atoms with Gasteiger partial charge in [0.2, 0.25) is 0 Å². The zero-order chi connectivity index (χ0) is 15.4. The third-order valence-corrected chi connectivity index (χ3v) is 4.23. The predicted octanol–water partition coefficient (Wildman–Crippen LogP) is 3.09. The highest BCUT2D eigenvalue weighted by atomic mass is 32.2. The summed E-state index contributed by atoms with van der Waals surface area (Å²) in [6, 6.07) is 5.45. The van der Waals surface area contributed by atoms with Crippen molar-refractivity contribution in [2.45, 2.75) is 0 Å². The Kier molecular flexibility index (Phi) is 5.03. The lowest BCUT2D eigenvalue weighted by atomic mass is 10.2. The molecule has 21 heavy (non-hydrogen) atoms. The van der Waals surface area contributed by atoms with Gasteiger partial charge in [-0.1, -0.05) is 30.1 Å². The van der Waals surface area contributed by atoms with Gasteiger partial charge in [0.05, 0.1) is 19.1 Å². The second-order valence-electron chi connectivity index (χ2n) is 4.23. The normalized spacial score (nSPS) is 16.5. The van der Waals surface area contributed by atoms with Crippen molar-refractivity contribution < 1.29 is 14.3 Å². The highest BCUT2D eigenvalue weighted by molar-refractivity contribution is 8.26. The molecule has 1 fully saturated rings. The van der Waals surface area contributed by atoms with E-state index >= 15 is 0 Å². The van der Waals surface area contributed by atoms with Gasteiger partial charge < -0.3 is 9.47 Å². The Morgan fingerprint density at radius 1 is 1.29 bits per heavy atom. The van der Waals surface area contributed by atoms with E-state index in [4.69, 9.17) is 21.7 Å². The van der Waals surface area contributed by atoms with Gasteiger partial charge in [0.25, 0.3) is 5.91 Å². The molecule has 0 atom stereocenters. The molecule has 1 aromatic carbocycles. The summed E-state index contributed by atoms with van der Waals surface area (Å²) >= 11 is 6.49. The standard InChI is InChI=1S/C15H15NO3S2/c1-4-5-16-14(17)13(21-15(16)20)8-10-6-11(18-2)9-12(7-10)19-3/h4,6-9H,1,5H2,2-3H3/b13-8+. The number of hydrogen-bond acceptors (Lipinski definition) is 5. The van der Waals surface area contributed by atoms with Crippen LogP contribution in [0.5, 0.6) is 11.5 Å². The van der Waals surface area contributed by atoms with Crippen LogP contribution in [0.4, 0.5) is 0 Å². The van der Waals surface area contributed by atoms with Crippen molar-refractivity contribution in [3.8, 4) is 11.5 Å². The molecule has 1 heterocycles. The lowest BCUT2D eigenvalue weighted by Crippen LogP contribution is -2.27. The molecule has 0 spiro atoms. The van der Waals surface area contributed by atoms with Gasteiger partial charge in [-0.25, -0.2) is 0 Å². The fraction of sp³-hybridized carbons (Fsp3) is 0.200. The summed E-state index contributed by atoms with van der Waals surface area (Å²) in [6.45, 7) is 4.05. The van der Waals surface area contributed by atoms with Crippen molar-refractivity contribution >= 4 is 40.3 Å². The number of amides is 1. The Labute approximate surface area is 133 Å². The molecule has 110 valence electrons. The fourth-order valence-electron chi connectivity index (χ4n) is 1.85. The molecule has 0 unspecified atom stereocenters. The van der Waals surface area contributed by atoms with Crippen molar-refractivity contribution in [3.05, 3.63) is 41.3 Å². The summed E-state index contributed by atoms with van der Waals surface area (Å²) in [4.78, 5) is 14.4. The van der Waals surface area contributed by atoms with Gasteiger partial charge in [0.15, 0.2) is 0 Å². The van der Waals surface area contributed by atoms with E-state index in [0.29, 0.717) is 27.3 Å². The highest BCUT2D eigenvalue weighted by Gasteiger charge is 2.30. The Bertz CT molecular complexity index is 603. The van der Waals surface area contributed by atoms with Gasteiger partial charge in [-0.3, -0.25) is 9.69 Å². The molecule has 1 saturated heterocycles. The average molecular weight is 321 g/mol. The van der Waals surface area contributed by atoms with E-state index in [0.717, 1.165) is 5.56 Å². The third-order valence-electron chi connectivity index (χ3n) is 2.86. The van der Waals surface area contributed by atoms with E-state index in [1.54, 1.807) is 32.4 Å². The van der Waals surface area contributed by atoms with Crippen molar-refractivity contribution in [1.29, 1.82) is 0 Å². The highest BCUT2D eigenvalue weighted by Crippen LogP contribution is 2.33. The largest absolute Gasteiger partial charge is 0.497 e. The maximum Gasteiger partial charge on any atom is 0.266 e. The molecule has 0 aliphatic carbocycles. The van der Waals surface area contributed by atoms with Crippen molar-refractivity contribution in [2.24, 2.45) is 0 Å². The Morgan fingerprint density at radius 3 is 2.43 bits per heavy atom. The fourth-order valence-corrected chi connectivity index (χ4v) is 3.13. The molecule has 1 aliphatic heterocycles. The van der Waals surface area contributed by atoms with Gasteiger partial charge >= 0.3 is 0 Å². The minimum atomic E-state index is -0.105. The Balaban J connectivity index is 2.34. The second-order valence-corrected chi connectivity index (χ2v) is 5.90. The van der Waals surface area contributed by atoms with E-state index in [1.807, 2.05) is 12.1 Å². The molecule has 2 rings (SSSR count). The first-order valence-electron chi connectivity index (χ1n) is 6.18. The van der Waals surface area contributed by atoms with Crippen LogP contribution in [0.3, 0.4) is 0 Å². The lowest BCUT2D eigenvalue weighted by molar-refractivity contribution is -0.121. The van der Waals surface area contributed by atoms with Crippen molar-refractivity contribution in [3.63, 3.8) is 0 Å². The van der Waals surface area contributed by atoms with Crippen LogP contribution in [0.2, 0.25) is 0 Å². The summed E-state index contributed by atoms with van der Waals surface area (Å²) < 4.78 is 11.0. The summed E-state index contributed by atoms with van der Waals surface area (Å²) in [7, 11) is 3.17. The van der Waals surface area contributed by atoms with Crippen molar-refractivity contribution in [2.75, 3.05) is 20.8 Å². The van der Waals surface area contributed by atoms with Crippen LogP contribution in [0.25, 0.3) is 6.08 Å². The van der Waals surface area contributed by atoms with Gasteiger partial charge in [-0.15, -0.1) is 6.58 Å². The molecule has 0 N–H and O–H groups in total. The molecular formula is C15H15NO3S2. The molecule has 4 nitrogen and oxygen atoms in total. The number of rotatable bonds is 5. The minimum Gasteiger partial charge on any atom is -0.497 e. The van der Waals surface area contributed by atoms with Crippen LogP contribution in [-0.2, 0) is 4.79 Å². The Hall–Kier alpha value is -1.79. The maximum atomic E-state index is 12.3. The van der Waals surface area contributed by atoms with Gasteiger partial charge in [0, 0.05) is 12.6 Å². The second kappa shape index (κ2) is 6.78. The van der Waals surface area contributed by atoms with Crippen LogP contribution in [0, 0.1) is 0 Å². The van der Waals surface area contributed by atoms with Crippen LogP contribution in [0.15, 0.2) is 35.8 Å². The number of benzene rings is 1. The molecule has 1 aromatic rings. The summed E-state index contributed by atoms with van der Waals surface area (Å²) in [5, 5.41) is 0. The molecular weight excluding hydrogens is 306 g/mol. The monoisotopic (exact) mass is 321 g/mol. The predicted molar refractivity (Wildman–Crippen MR) is 89.6 cm³/mol. The first-order chi connectivity index (χ1) is 10.1. The van der Waals surface area contributed by atoms with Crippen molar-refractivity contribution in [1.82, 2.24) is 4.90 Å². The van der Waals surface area contributed by atoms with Crippen LogP contribution in [0.1, 0.15) is 5.56 Å². The first kappa shape index (κ1) is 15.6. The van der Waals surface area contributed by atoms with Crippen LogP contribution >= 0.6 is 24.0 Å². The molecule has 0 radical (unpaired) electrons. The maximum absolute atomic E-state index is 12.3. The average Bonchev–Trinajstić information content (AvgIpc) is 2.74. The summed E-state index contributed by atoms with van der Waals surface area (Å²) in [5.41, 5.74) is 0.824. The summed E-state index contributed by atoms with van der Waals surface area (Å²) in [5.74, 6) is 1.23. The molecule has 0 aromatic heterocycles. The minimum absolute atomic E-state index is 0.105. The van der Waals surface area contributed by atoms with E-state index in [1.165, 1.54) is 16.7 Å². The van der Waals surface area contributed by atoms with Crippen LogP contribution in [-0.4, -0.2) is 35.9 Å². The Morgan fingerprint density at radius 2 is 1.90 bits per heavy atom. The number of hydrogen-bond donors (Lipinski definition) is 0. The number of nitrogens with zero attached hydrogens (tertiary/aromatic N) is 1. The zero-order valence-corrected chi connectivity index (χ0v) is 13.4. The zero-order valence-electron chi connectivity index (χ0n) is 11.8. The number of carbonyl (C=O) groups is 1. The topological polar surface area (TPSA) is 38.8 Å². The first-order valence-corrected chi connectivity index (χ1v) is 7.41. The molecule has 0 saturated carbocycles. The third kappa shape index (κ3) is 3.46. The van der Waals surface area contributed by atoms with Gasteiger partial charge in [-0.05, 0) is 23.8 Å². The molecule has 0 bridgehead atoms. The summed E-state index contributed by atoms with van der Waals surface area (Å²) in [6.07, 6.45) is 3.44. The SMILES string of the molecule is C=CCN1C(=O)/C(=C\c2cc(OC)cc(OC)c2)SC1=S. The van der Waals surface area contributed by atoms with E-state index < -0.39 is 0 Å². The number of ether oxygens (including phenoxy) is 2. The van der Waals surface area contributed by atoms with E-state index in [2.05, 4.69) is 6.58 Å². The number of carbonyl (C=O) groups excluding carboxylic acids is 1. The smallest absolute Gasteiger partial charge is 0.266 e. The number of thiocarbonyl (C=S) groups is 1. The molecule has 1 aliphatic rings. The lowest BCUT2D eigenvalue weighted by Gasteiger charge is -2.10. The quantitative estimate of drug-likeness (QED) is 0.473. The molecule has 6 heteroatoms. The van der Waals surface area contributed by atoms with E-state index in [9.17, 15) is 4.79 Å². The van der Waals surface area contributed by atoms with E-state index in [-0.39, 0.29) is 5.91 Å². The number of thioether (sulfide) groups is 1. The van der Waals surface area contributed by atoms with Gasteiger partial charge in [-0.2, -0.15) is 0 Å². The van der Waals surface area contributed by atoms with Gasteiger partial charge in [0.1, 0.15) is 15.8 Å². The molecule has 1 amide bonds.